The number of amides is 1. The van der Waals surface area contributed by atoms with E-state index in [9.17, 15) is 4.79 Å². The molecule has 0 aromatic heterocycles. The van der Waals surface area contributed by atoms with Gasteiger partial charge in [0, 0.05) is 19.7 Å². The quantitative estimate of drug-likeness (QED) is 0.805. The van der Waals surface area contributed by atoms with Crippen molar-refractivity contribution in [3.05, 3.63) is 0 Å². The molecule has 0 aromatic carbocycles. The van der Waals surface area contributed by atoms with Crippen molar-refractivity contribution in [3.63, 3.8) is 0 Å². The first-order chi connectivity index (χ1) is 9.56. The Morgan fingerprint density at radius 1 is 1.25 bits per heavy atom. The van der Waals surface area contributed by atoms with Gasteiger partial charge in [-0.15, -0.1) is 0 Å². The minimum absolute atomic E-state index is 0.0433. The Hall–Kier alpha value is -0.610. The van der Waals surface area contributed by atoms with Gasteiger partial charge < -0.3 is 15.8 Å². The van der Waals surface area contributed by atoms with Gasteiger partial charge in [-0.3, -0.25) is 4.79 Å². The molecule has 4 aliphatic rings. The van der Waals surface area contributed by atoms with E-state index >= 15 is 0 Å². The summed E-state index contributed by atoms with van der Waals surface area (Å²) in [6, 6.07) is 0.243. The van der Waals surface area contributed by atoms with Crippen LogP contribution in [-0.2, 0) is 9.53 Å². The Morgan fingerprint density at radius 2 is 1.75 bits per heavy atom. The number of methoxy groups -OCH3 is 1. The van der Waals surface area contributed by atoms with Gasteiger partial charge in [0.25, 0.3) is 5.91 Å². The van der Waals surface area contributed by atoms with Crippen LogP contribution in [0.2, 0.25) is 0 Å². The highest BCUT2D eigenvalue weighted by molar-refractivity contribution is 5.81. The fourth-order valence-corrected chi connectivity index (χ4v) is 5.48. The van der Waals surface area contributed by atoms with Crippen molar-refractivity contribution in [2.75, 3.05) is 13.7 Å². The fourth-order valence-electron chi connectivity index (χ4n) is 5.48. The molecule has 0 heterocycles. The van der Waals surface area contributed by atoms with Gasteiger partial charge in [-0.1, -0.05) is 0 Å². The Kier molecular flexibility index (Phi) is 3.80. The average molecular weight is 280 g/mol. The van der Waals surface area contributed by atoms with Crippen LogP contribution < -0.4 is 11.1 Å². The summed E-state index contributed by atoms with van der Waals surface area (Å²) in [4.78, 5) is 12.2. The zero-order valence-corrected chi connectivity index (χ0v) is 12.7. The molecular formula is C16H28N2O2. The molecule has 4 aliphatic carbocycles. The van der Waals surface area contributed by atoms with E-state index in [1.54, 1.807) is 7.11 Å². The van der Waals surface area contributed by atoms with Crippen molar-refractivity contribution in [2.24, 2.45) is 28.9 Å². The number of hydrogen-bond donors (Lipinski definition) is 2. The van der Waals surface area contributed by atoms with E-state index in [1.165, 1.54) is 38.5 Å². The van der Waals surface area contributed by atoms with Crippen LogP contribution in [-0.4, -0.2) is 31.7 Å². The summed E-state index contributed by atoms with van der Waals surface area (Å²) in [5.74, 6) is 2.69. The molecule has 4 fully saturated rings. The highest BCUT2D eigenvalue weighted by atomic mass is 16.5. The maximum absolute atomic E-state index is 12.2. The Morgan fingerprint density at radius 3 is 2.15 bits per heavy atom. The van der Waals surface area contributed by atoms with Crippen LogP contribution in [0, 0.1) is 23.2 Å². The molecule has 20 heavy (non-hydrogen) atoms. The first kappa shape index (κ1) is 14.3. The first-order valence-electron chi connectivity index (χ1n) is 8.09. The zero-order chi connectivity index (χ0) is 14.3. The van der Waals surface area contributed by atoms with Crippen LogP contribution in [0.3, 0.4) is 0 Å². The third-order valence-corrected chi connectivity index (χ3v) is 6.15. The molecular weight excluding hydrogens is 252 g/mol. The normalized spacial score (nSPS) is 41.5. The van der Waals surface area contributed by atoms with Gasteiger partial charge in [0.15, 0.2) is 0 Å². The minimum Gasteiger partial charge on any atom is -0.370 e. The average Bonchev–Trinajstić information content (AvgIpc) is 2.38. The number of hydrogen-bond acceptors (Lipinski definition) is 3. The maximum atomic E-state index is 12.2. The van der Waals surface area contributed by atoms with E-state index in [2.05, 4.69) is 12.2 Å². The summed E-state index contributed by atoms with van der Waals surface area (Å²) in [6.45, 7) is 2.43. The van der Waals surface area contributed by atoms with E-state index in [0.29, 0.717) is 5.41 Å². The van der Waals surface area contributed by atoms with E-state index < -0.39 is 6.10 Å². The van der Waals surface area contributed by atoms with Crippen molar-refractivity contribution >= 4 is 5.91 Å². The lowest BCUT2D eigenvalue weighted by Gasteiger charge is -2.59. The summed E-state index contributed by atoms with van der Waals surface area (Å²) < 4.78 is 5.14. The van der Waals surface area contributed by atoms with Crippen molar-refractivity contribution < 1.29 is 9.53 Å². The maximum Gasteiger partial charge on any atom is 0.250 e. The lowest BCUT2D eigenvalue weighted by Crippen LogP contribution is -2.57. The van der Waals surface area contributed by atoms with Gasteiger partial charge in [0.05, 0.1) is 0 Å². The lowest BCUT2D eigenvalue weighted by molar-refractivity contribution is -0.135. The fraction of sp³-hybridized carbons (Fsp3) is 0.938. The highest BCUT2D eigenvalue weighted by Gasteiger charge is 2.53. The van der Waals surface area contributed by atoms with Crippen LogP contribution in [0.15, 0.2) is 0 Å². The summed E-state index contributed by atoms with van der Waals surface area (Å²) in [5, 5.41) is 3.19. The van der Waals surface area contributed by atoms with Crippen LogP contribution in [0.1, 0.15) is 45.4 Å². The van der Waals surface area contributed by atoms with Gasteiger partial charge in [-0.05, 0) is 68.6 Å². The molecule has 114 valence electrons. The molecule has 4 nitrogen and oxygen atoms in total. The molecule has 2 atom stereocenters. The first-order valence-corrected chi connectivity index (χ1v) is 8.09. The SMILES string of the molecule is COC(CN)C(=O)NC(C)C12CC3CC(CC(C3)C1)C2. The van der Waals surface area contributed by atoms with E-state index in [4.69, 9.17) is 10.5 Å². The van der Waals surface area contributed by atoms with Gasteiger partial charge >= 0.3 is 0 Å². The van der Waals surface area contributed by atoms with Crippen LogP contribution in [0.25, 0.3) is 0 Å². The van der Waals surface area contributed by atoms with E-state index in [-0.39, 0.29) is 18.5 Å². The van der Waals surface area contributed by atoms with E-state index in [1.807, 2.05) is 0 Å². The number of carbonyl (C=O) groups is 1. The predicted octanol–water partition coefficient (Wildman–Crippen LogP) is 1.68. The van der Waals surface area contributed by atoms with Gasteiger partial charge in [-0.2, -0.15) is 0 Å². The van der Waals surface area contributed by atoms with Crippen molar-refractivity contribution in [1.82, 2.24) is 5.32 Å². The number of nitrogens with two attached hydrogens (primary N) is 1. The molecule has 4 rings (SSSR count). The number of rotatable bonds is 5. The van der Waals surface area contributed by atoms with Crippen LogP contribution in [0.4, 0.5) is 0 Å². The molecule has 4 heteroatoms. The Labute approximate surface area is 121 Å². The molecule has 0 radical (unpaired) electrons. The number of carbonyl (C=O) groups excluding carboxylic acids is 1. The highest BCUT2D eigenvalue weighted by Crippen LogP contribution is 2.61. The Balaban J connectivity index is 1.67. The number of nitrogens with one attached hydrogen (secondary N) is 1. The molecule has 3 N–H and O–H groups in total. The van der Waals surface area contributed by atoms with Crippen molar-refractivity contribution in [3.8, 4) is 0 Å². The summed E-state index contributed by atoms with van der Waals surface area (Å²) in [7, 11) is 1.55. The minimum atomic E-state index is -0.508. The second kappa shape index (κ2) is 5.30. The molecule has 0 saturated heterocycles. The molecule has 0 spiro atoms. The molecule has 4 bridgehead atoms. The summed E-state index contributed by atoms with van der Waals surface area (Å²) in [5.41, 5.74) is 5.92. The molecule has 4 saturated carbocycles. The topological polar surface area (TPSA) is 64.3 Å². The summed E-state index contributed by atoms with van der Waals surface area (Å²) >= 11 is 0. The Bertz CT molecular complexity index is 343. The third-order valence-electron chi connectivity index (χ3n) is 6.15. The second-order valence-corrected chi connectivity index (χ2v) is 7.47. The van der Waals surface area contributed by atoms with E-state index in [0.717, 1.165) is 17.8 Å². The van der Waals surface area contributed by atoms with Gasteiger partial charge in [0.2, 0.25) is 0 Å². The van der Waals surface area contributed by atoms with Crippen LogP contribution >= 0.6 is 0 Å². The van der Waals surface area contributed by atoms with Gasteiger partial charge in [0.1, 0.15) is 6.10 Å². The van der Waals surface area contributed by atoms with Gasteiger partial charge in [-0.25, -0.2) is 0 Å². The number of ether oxygens (including phenoxy) is 1. The lowest BCUT2D eigenvalue weighted by atomic mass is 9.48. The molecule has 0 aliphatic heterocycles. The predicted molar refractivity (Wildman–Crippen MR) is 78.1 cm³/mol. The van der Waals surface area contributed by atoms with Crippen molar-refractivity contribution in [2.45, 2.75) is 57.6 Å². The molecule has 1 amide bonds. The zero-order valence-electron chi connectivity index (χ0n) is 12.7. The van der Waals surface area contributed by atoms with Crippen LogP contribution in [0.5, 0.6) is 0 Å². The van der Waals surface area contributed by atoms with Crippen molar-refractivity contribution in [1.29, 1.82) is 0 Å². The standard InChI is InChI=1S/C16H28N2O2/c1-10(18-15(19)14(9-17)20-2)16-6-11-3-12(7-16)5-13(4-11)8-16/h10-14H,3-9,17H2,1-2H3,(H,18,19). The largest absolute Gasteiger partial charge is 0.370 e. The molecule has 0 aromatic rings. The smallest absolute Gasteiger partial charge is 0.250 e. The molecule has 2 unspecified atom stereocenters. The monoisotopic (exact) mass is 280 g/mol. The third kappa shape index (κ3) is 2.37. The second-order valence-electron chi connectivity index (χ2n) is 7.47. The summed E-state index contributed by atoms with van der Waals surface area (Å²) in [6.07, 6.45) is 7.71.